The van der Waals surface area contributed by atoms with Gasteiger partial charge in [0.2, 0.25) is 0 Å². The molecule has 0 fully saturated rings. The van der Waals surface area contributed by atoms with Crippen LogP contribution >= 0.6 is 0 Å². The molecule has 2 rings (SSSR count). The number of aromatic nitrogens is 1. The number of hydrogen-bond acceptors (Lipinski definition) is 3. The molecular weight excluding hydrogens is 222 g/mol. The third kappa shape index (κ3) is 2.31. The molecule has 0 radical (unpaired) electrons. The van der Waals surface area contributed by atoms with Gasteiger partial charge in [-0.05, 0) is 26.0 Å². The second kappa shape index (κ2) is 5.36. The molecule has 3 heteroatoms. The van der Waals surface area contributed by atoms with Gasteiger partial charge in [0, 0.05) is 31.2 Å². The highest BCUT2D eigenvalue weighted by atomic mass is 15.6. The standard InChI is InChI=1S/C15H21N3/c1-5-18(12(2)3)17(4)15-10-11-16-14-9-7-6-8-13(14)15/h6-12H,5H2,1-4H3. The molecular formula is C15H21N3. The molecule has 0 N–H and O–H groups in total. The summed E-state index contributed by atoms with van der Waals surface area (Å²) in [4.78, 5) is 4.41. The fraction of sp³-hybridized carbons (Fsp3) is 0.400. The van der Waals surface area contributed by atoms with Crippen molar-refractivity contribution in [2.45, 2.75) is 26.8 Å². The van der Waals surface area contributed by atoms with Crippen molar-refractivity contribution in [3.8, 4) is 0 Å². The van der Waals surface area contributed by atoms with Crippen LogP contribution < -0.4 is 5.01 Å². The van der Waals surface area contributed by atoms with Crippen molar-refractivity contribution in [3.63, 3.8) is 0 Å². The molecule has 18 heavy (non-hydrogen) atoms. The maximum absolute atomic E-state index is 4.41. The van der Waals surface area contributed by atoms with Crippen molar-refractivity contribution >= 4 is 16.6 Å². The highest BCUT2D eigenvalue weighted by Gasteiger charge is 2.15. The molecule has 0 amide bonds. The molecule has 0 saturated carbocycles. The average Bonchev–Trinajstić information content (AvgIpc) is 2.38. The predicted octanol–water partition coefficient (Wildman–Crippen LogP) is 3.32. The van der Waals surface area contributed by atoms with Crippen LogP contribution in [-0.4, -0.2) is 29.6 Å². The Balaban J connectivity index is 2.47. The second-order valence-electron chi connectivity index (χ2n) is 4.72. The SMILES string of the molecule is CCN(C(C)C)N(C)c1ccnc2ccccc12. The van der Waals surface area contributed by atoms with Crippen molar-refractivity contribution in [2.24, 2.45) is 0 Å². The zero-order valence-corrected chi connectivity index (χ0v) is 11.6. The van der Waals surface area contributed by atoms with Crippen LogP contribution in [0.1, 0.15) is 20.8 Å². The van der Waals surface area contributed by atoms with Crippen molar-refractivity contribution < 1.29 is 0 Å². The normalized spacial score (nSPS) is 11.4. The van der Waals surface area contributed by atoms with Gasteiger partial charge in [0.05, 0.1) is 11.2 Å². The van der Waals surface area contributed by atoms with Crippen LogP contribution in [0.5, 0.6) is 0 Å². The highest BCUT2D eigenvalue weighted by molar-refractivity contribution is 5.91. The van der Waals surface area contributed by atoms with E-state index in [-0.39, 0.29) is 0 Å². The Morgan fingerprint density at radius 2 is 1.89 bits per heavy atom. The van der Waals surface area contributed by atoms with Gasteiger partial charge in [0.1, 0.15) is 0 Å². The summed E-state index contributed by atoms with van der Waals surface area (Å²) in [5.41, 5.74) is 2.25. The number of hydrogen-bond donors (Lipinski definition) is 0. The fourth-order valence-corrected chi connectivity index (χ4v) is 2.43. The second-order valence-corrected chi connectivity index (χ2v) is 4.72. The number of nitrogens with zero attached hydrogens (tertiary/aromatic N) is 3. The number of hydrazine groups is 1. The van der Waals surface area contributed by atoms with E-state index in [0.29, 0.717) is 6.04 Å². The quantitative estimate of drug-likeness (QED) is 0.768. The van der Waals surface area contributed by atoms with Gasteiger partial charge < -0.3 is 5.01 Å². The number of rotatable bonds is 4. The summed E-state index contributed by atoms with van der Waals surface area (Å²) < 4.78 is 0. The molecule has 0 spiro atoms. The molecule has 0 bridgehead atoms. The molecule has 2 aromatic rings. The van der Waals surface area contributed by atoms with Crippen molar-refractivity contribution in [1.82, 2.24) is 9.99 Å². The Bertz CT molecular complexity index is 517. The van der Waals surface area contributed by atoms with Gasteiger partial charge in [-0.25, -0.2) is 5.01 Å². The van der Waals surface area contributed by atoms with E-state index < -0.39 is 0 Å². The summed E-state index contributed by atoms with van der Waals surface area (Å²) in [6, 6.07) is 10.8. The number of pyridine rings is 1. The van der Waals surface area contributed by atoms with Crippen molar-refractivity contribution in [2.75, 3.05) is 18.6 Å². The highest BCUT2D eigenvalue weighted by Crippen LogP contribution is 2.25. The van der Waals surface area contributed by atoms with Crippen LogP contribution in [0.2, 0.25) is 0 Å². The predicted molar refractivity (Wildman–Crippen MR) is 77.7 cm³/mol. The van der Waals surface area contributed by atoms with Crippen molar-refractivity contribution in [3.05, 3.63) is 36.5 Å². The van der Waals surface area contributed by atoms with Crippen LogP contribution in [0.3, 0.4) is 0 Å². The maximum Gasteiger partial charge on any atom is 0.0723 e. The topological polar surface area (TPSA) is 19.4 Å². The third-order valence-corrected chi connectivity index (χ3v) is 3.28. The first-order valence-corrected chi connectivity index (χ1v) is 6.49. The Labute approximate surface area is 109 Å². The first-order chi connectivity index (χ1) is 8.65. The number of anilines is 1. The zero-order valence-electron chi connectivity index (χ0n) is 11.6. The van der Waals surface area contributed by atoms with Crippen LogP contribution in [0.25, 0.3) is 10.9 Å². The summed E-state index contributed by atoms with van der Waals surface area (Å²) in [6.07, 6.45) is 1.88. The first-order valence-electron chi connectivity index (χ1n) is 6.49. The van der Waals surface area contributed by atoms with E-state index >= 15 is 0 Å². The minimum Gasteiger partial charge on any atom is -0.308 e. The third-order valence-electron chi connectivity index (χ3n) is 3.28. The zero-order chi connectivity index (χ0) is 13.1. The van der Waals surface area contributed by atoms with E-state index in [1.54, 1.807) is 0 Å². The van der Waals surface area contributed by atoms with Crippen LogP contribution in [-0.2, 0) is 0 Å². The van der Waals surface area contributed by atoms with Gasteiger partial charge in [0.25, 0.3) is 0 Å². The van der Waals surface area contributed by atoms with Gasteiger partial charge in [-0.15, -0.1) is 0 Å². The molecule has 1 aromatic heterocycles. The van der Waals surface area contributed by atoms with E-state index in [1.807, 2.05) is 12.3 Å². The molecule has 0 aliphatic heterocycles. The Kier molecular flexibility index (Phi) is 3.82. The minimum atomic E-state index is 0.479. The molecule has 1 aromatic carbocycles. The first kappa shape index (κ1) is 12.8. The van der Waals surface area contributed by atoms with Gasteiger partial charge in [-0.2, -0.15) is 0 Å². The van der Waals surface area contributed by atoms with E-state index in [9.17, 15) is 0 Å². The fourth-order valence-electron chi connectivity index (χ4n) is 2.43. The van der Waals surface area contributed by atoms with E-state index in [1.165, 1.54) is 11.1 Å². The Morgan fingerprint density at radius 1 is 1.17 bits per heavy atom. The Morgan fingerprint density at radius 3 is 2.56 bits per heavy atom. The molecule has 3 nitrogen and oxygen atoms in total. The lowest BCUT2D eigenvalue weighted by molar-refractivity contribution is 0.225. The lowest BCUT2D eigenvalue weighted by Gasteiger charge is -2.36. The van der Waals surface area contributed by atoms with E-state index in [2.05, 4.69) is 67.1 Å². The summed E-state index contributed by atoms with van der Waals surface area (Å²) in [7, 11) is 2.12. The lowest BCUT2D eigenvalue weighted by atomic mass is 10.2. The van der Waals surface area contributed by atoms with E-state index in [0.717, 1.165) is 12.1 Å². The molecule has 0 unspecified atom stereocenters. The van der Waals surface area contributed by atoms with Crippen LogP contribution in [0.15, 0.2) is 36.5 Å². The molecule has 1 heterocycles. The molecule has 0 aliphatic carbocycles. The van der Waals surface area contributed by atoms with Crippen LogP contribution in [0, 0.1) is 0 Å². The summed E-state index contributed by atoms with van der Waals surface area (Å²) in [5.74, 6) is 0. The molecule has 0 saturated heterocycles. The van der Waals surface area contributed by atoms with Gasteiger partial charge in [0.15, 0.2) is 0 Å². The average molecular weight is 243 g/mol. The van der Waals surface area contributed by atoms with Crippen LogP contribution in [0.4, 0.5) is 5.69 Å². The van der Waals surface area contributed by atoms with Gasteiger partial charge in [-0.1, -0.05) is 25.1 Å². The van der Waals surface area contributed by atoms with Crippen molar-refractivity contribution in [1.29, 1.82) is 0 Å². The summed E-state index contributed by atoms with van der Waals surface area (Å²) in [5, 5.41) is 5.76. The smallest absolute Gasteiger partial charge is 0.0723 e. The number of fused-ring (bicyclic) bond motifs is 1. The number of para-hydroxylation sites is 1. The molecule has 0 atom stereocenters. The lowest BCUT2D eigenvalue weighted by Crippen LogP contribution is -2.44. The maximum atomic E-state index is 4.41. The Hall–Kier alpha value is -1.61. The largest absolute Gasteiger partial charge is 0.308 e. The van der Waals surface area contributed by atoms with E-state index in [4.69, 9.17) is 0 Å². The number of benzene rings is 1. The van der Waals surface area contributed by atoms with Gasteiger partial charge >= 0.3 is 0 Å². The van der Waals surface area contributed by atoms with Gasteiger partial charge in [-0.3, -0.25) is 4.98 Å². The minimum absolute atomic E-state index is 0.479. The summed E-state index contributed by atoms with van der Waals surface area (Å²) >= 11 is 0. The monoisotopic (exact) mass is 243 g/mol. The molecule has 96 valence electrons. The molecule has 0 aliphatic rings. The summed E-state index contributed by atoms with van der Waals surface area (Å²) in [6.45, 7) is 7.59.